The molecule has 132 valence electrons. The van der Waals surface area contributed by atoms with Crippen molar-refractivity contribution in [2.24, 2.45) is 0 Å². The highest BCUT2D eigenvalue weighted by Gasteiger charge is 2.12. The summed E-state index contributed by atoms with van der Waals surface area (Å²) >= 11 is 5.23. The van der Waals surface area contributed by atoms with Gasteiger partial charge in [-0.3, -0.25) is 0 Å². The van der Waals surface area contributed by atoms with Gasteiger partial charge in [0.25, 0.3) is 0 Å². The van der Waals surface area contributed by atoms with Crippen LogP contribution in [0.15, 0.2) is 0 Å². The minimum atomic E-state index is -1.06. The van der Waals surface area contributed by atoms with Crippen molar-refractivity contribution in [2.45, 2.75) is 104 Å². The van der Waals surface area contributed by atoms with Crippen LogP contribution < -0.4 is 0 Å². The topological polar surface area (TPSA) is 18.5 Å². The average Bonchev–Trinajstić information content (AvgIpc) is 2.52. The van der Waals surface area contributed by atoms with E-state index in [0.717, 1.165) is 26.1 Å². The van der Waals surface area contributed by atoms with Gasteiger partial charge in [-0.15, -0.1) is 9.05 Å². The molecule has 22 heavy (non-hydrogen) atoms. The quantitative estimate of drug-likeness (QED) is 0.191. The normalized spacial score (nSPS) is 11.0. The molecule has 0 aromatic heterocycles. The van der Waals surface area contributed by atoms with Gasteiger partial charge in [-0.1, -0.05) is 90.9 Å². The van der Waals surface area contributed by atoms with E-state index in [1.54, 1.807) is 0 Å². The molecule has 0 aromatic carbocycles. The number of unbranched alkanes of at least 4 members (excludes halogenated alkanes) is 12. The Labute approximate surface area is 145 Å². The standard InChI is InChI=1S/C18H38O2PS/c1-3-5-7-9-11-13-15-17-19-21(22)20-18-16-14-12-10-8-6-4-2/h3-18H2,1-2H3/q+1. The van der Waals surface area contributed by atoms with Crippen molar-refractivity contribution in [3.05, 3.63) is 0 Å². The Morgan fingerprint density at radius 1 is 0.545 bits per heavy atom. The van der Waals surface area contributed by atoms with Crippen molar-refractivity contribution in [1.29, 1.82) is 0 Å². The molecule has 0 heterocycles. The third kappa shape index (κ3) is 18.5. The van der Waals surface area contributed by atoms with Crippen LogP contribution in [0.25, 0.3) is 0 Å². The lowest BCUT2D eigenvalue weighted by Gasteiger charge is -2.00. The van der Waals surface area contributed by atoms with Crippen LogP contribution in [0.3, 0.4) is 0 Å². The van der Waals surface area contributed by atoms with Crippen molar-refractivity contribution in [3.8, 4) is 0 Å². The highest BCUT2D eigenvalue weighted by Crippen LogP contribution is 2.25. The van der Waals surface area contributed by atoms with Gasteiger partial charge in [-0.25, -0.2) is 0 Å². The van der Waals surface area contributed by atoms with Crippen molar-refractivity contribution < 1.29 is 9.05 Å². The van der Waals surface area contributed by atoms with Gasteiger partial charge in [-0.05, 0) is 12.8 Å². The molecular weight excluding hydrogens is 311 g/mol. The summed E-state index contributed by atoms with van der Waals surface area (Å²) in [5.41, 5.74) is 0. The summed E-state index contributed by atoms with van der Waals surface area (Å²) in [6.45, 7) is 6.07. The second-order valence-corrected chi connectivity index (χ2v) is 7.99. The van der Waals surface area contributed by atoms with Crippen LogP contribution in [0.4, 0.5) is 0 Å². The Kier molecular flexibility index (Phi) is 19.9. The Bertz CT molecular complexity index is 215. The van der Waals surface area contributed by atoms with Gasteiger partial charge < -0.3 is 0 Å². The molecule has 4 heteroatoms. The zero-order chi connectivity index (χ0) is 16.3. The van der Waals surface area contributed by atoms with Gasteiger partial charge in [0.05, 0.1) is 0 Å². The van der Waals surface area contributed by atoms with Gasteiger partial charge in [0.2, 0.25) is 11.8 Å². The highest BCUT2D eigenvalue weighted by atomic mass is 32.4. The lowest BCUT2D eigenvalue weighted by atomic mass is 10.1. The van der Waals surface area contributed by atoms with Gasteiger partial charge in [0, 0.05) is 0 Å². The summed E-state index contributed by atoms with van der Waals surface area (Å²) in [4.78, 5) is 0. The smallest absolute Gasteiger partial charge is 0.142 e. The second-order valence-electron chi connectivity index (χ2n) is 6.13. The molecule has 2 nitrogen and oxygen atoms in total. The SMILES string of the molecule is CCCCCCCCCO[P+](=S)OCCCCCCCCC. The first-order valence-electron chi connectivity index (χ1n) is 9.54. The molecule has 0 N–H and O–H groups in total. The Balaban J connectivity index is 3.13. The molecule has 0 aliphatic heterocycles. The van der Waals surface area contributed by atoms with E-state index in [4.69, 9.17) is 20.9 Å². The van der Waals surface area contributed by atoms with Crippen LogP contribution in [0.1, 0.15) is 104 Å². The maximum atomic E-state index is 5.59. The predicted octanol–water partition coefficient (Wildman–Crippen LogP) is 7.29. The highest BCUT2D eigenvalue weighted by molar-refractivity contribution is 8.00. The Morgan fingerprint density at radius 2 is 0.864 bits per heavy atom. The Hall–Kier alpha value is 0.440. The lowest BCUT2D eigenvalue weighted by molar-refractivity contribution is 0.254. The van der Waals surface area contributed by atoms with E-state index >= 15 is 0 Å². The van der Waals surface area contributed by atoms with Crippen LogP contribution in [0.5, 0.6) is 0 Å². The van der Waals surface area contributed by atoms with Gasteiger partial charge in [0.1, 0.15) is 13.2 Å². The van der Waals surface area contributed by atoms with Gasteiger partial charge >= 0.3 is 7.15 Å². The van der Waals surface area contributed by atoms with Crippen molar-refractivity contribution in [3.63, 3.8) is 0 Å². The van der Waals surface area contributed by atoms with Crippen LogP contribution in [0.2, 0.25) is 0 Å². The molecule has 0 bridgehead atoms. The Morgan fingerprint density at radius 3 is 1.23 bits per heavy atom. The molecule has 0 atom stereocenters. The van der Waals surface area contributed by atoms with Gasteiger partial charge in [0.15, 0.2) is 0 Å². The van der Waals surface area contributed by atoms with Crippen LogP contribution in [-0.4, -0.2) is 13.2 Å². The van der Waals surface area contributed by atoms with E-state index in [1.165, 1.54) is 77.0 Å². The molecule has 0 radical (unpaired) electrons. The fourth-order valence-electron chi connectivity index (χ4n) is 2.43. The predicted molar refractivity (Wildman–Crippen MR) is 102 cm³/mol. The zero-order valence-corrected chi connectivity index (χ0v) is 16.7. The molecule has 0 fully saturated rings. The molecule has 0 rings (SSSR count). The van der Waals surface area contributed by atoms with Crippen LogP contribution >= 0.6 is 7.15 Å². The number of hydrogen-bond donors (Lipinski definition) is 0. The molecule has 0 amide bonds. The minimum Gasteiger partial charge on any atom is -0.142 e. The zero-order valence-electron chi connectivity index (χ0n) is 15.0. The summed E-state index contributed by atoms with van der Waals surface area (Å²) in [6, 6.07) is 0. The first kappa shape index (κ1) is 22.4. The fraction of sp³-hybridized carbons (Fsp3) is 1.00. The molecule has 0 saturated heterocycles. The largest absolute Gasteiger partial charge is 0.521 e. The van der Waals surface area contributed by atoms with Crippen molar-refractivity contribution in [2.75, 3.05) is 13.2 Å². The maximum absolute atomic E-state index is 5.59. The van der Waals surface area contributed by atoms with Crippen molar-refractivity contribution in [1.82, 2.24) is 0 Å². The lowest BCUT2D eigenvalue weighted by Crippen LogP contribution is -1.92. The third-order valence-electron chi connectivity index (χ3n) is 3.89. The summed E-state index contributed by atoms with van der Waals surface area (Å²) in [6.07, 6.45) is 18.3. The molecule has 0 aliphatic carbocycles. The second kappa shape index (κ2) is 19.5. The summed E-state index contributed by atoms with van der Waals surface area (Å²) < 4.78 is 11.2. The summed E-state index contributed by atoms with van der Waals surface area (Å²) in [5, 5.41) is 0. The molecular formula is C18H38O2PS+. The molecule has 0 saturated carbocycles. The average molecular weight is 350 g/mol. The maximum Gasteiger partial charge on any atom is 0.521 e. The van der Waals surface area contributed by atoms with E-state index < -0.39 is 7.15 Å². The fourth-order valence-corrected chi connectivity index (χ4v) is 3.51. The van der Waals surface area contributed by atoms with E-state index in [1.807, 2.05) is 0 Å². The van der Waals surface area contributed by atoms with Crippen molar-refractivity contribution >= 4 is 19.0 Å². The van der Waals surface area contributed by atoms with Crippen LogP contribution in [-0.2, 0) is 20.9 Å². The molecule has 0 aromatic rings. The molecule has 0 aliphatic rings. The van der Waals surface area contributed by atoms with E-state index in [-0.39, 0.29) is 0 Å². The minimum absolute atomic E-state index is 0.778. The van der Waals surface area contributed by atoms with E-state index in [2.05, 4.69) is 13.8 Å². The third-order valence-corrected chi connectivity index (χ3v) is 5.31. The monoisotopic (exact) mass is 349 g/mol. The molecule has 0 unspecified atom stereocenters. The summed E-state index contributed by atoms with van der Waals surface area (Å²) in [5.74, 6) is 0. The first-order chi connectivity index (χ1) is 10.8. The number of rotatable bonds is 18. The van der Waals surface area contributed by atoms with E-state index in [9.17, 15) is 0 Å². The van der Waals surface area contributed by atoms with Gasteiger partial charge in [-0.2, -0.15) is 0 Å². The summed E-state index contributed by atoms with van der Waals surface area (Å²) in [7, 11) is -1.06. The van der Waals surface area contributed by atoms with E-state index in [0.29, 0.717) is 0 Å². The van der Waals surface area contributed by atoms with Crippen LogP contribution in [0, 0.1) is 0 Å². The first-order valence-corrected chi connectivity index (χ1v) is 11.7. The number of hydrogen-bond acceptors (Lipinski definition) is 3. The molecule has 0 spiro atoms.